The summed E-state index contributed by atoms with van der Waals surface area (Å²) in [7, 11) is 0. The number of furan rings is 1. The molecule has 3 aromatic rings. The number of rotatable bonds is 3. The van der Waals surface area contributed by atoms with Gasteiger partial charge in [-0.05, 0) is 62.2 Å². The Bertz CT molecular complexity index is 1070. The quantitative estimate of drug-likeness (QED) is 0.652. The van der Waals surface area contributed by atoms with Crippen LogP contribution in [0.3, 0.4) is 0 Å². The molecule has 0 spiro atoms. The van der Waals surface area contributed by atoms with E-state index in [2.05, 4.69) is 29.4 Å². The lowest BCUT2D eigenvalue weighted by Gasteiger charge is -2.30. The van der Waals surface area contributed by atoms with Gasteiger partial charge in [0.25, 0.3) is 5.91 Å². The first kappa shape index (κ1) is 18.4. The number of carbonyl (C=O) groups is 1. The fraction of sp³-hybridized carbons (Fsp3) is 0.318. The number of anilines is 1. The molecule has 5 nitrogen and oxygen atoms in total. The highest BCUT2D eigenvalue weighted by molar-refractivity contribution is 7.16. The lowest BCUT2D eigenvalue weighted by molar-refractivity contribution is 0.0930. The van der Waals surface area contributed by atoms with Crippen LogP contribution in [0.2, 0.25) is 0 Å². The summed E-state index contributed by atoms with van der Waals surface area (Å²) in [6, 6.07) is 10.3. The molecule has 2 aliphatic heterocycles. The zero-order chi connectivity index (χ0) is 20.1. The SMILES string of the molecule is CC(C)N1CCc2c(sc3c2C(=O)NC(c2ccc(-c4ccc(F)cc4)o2)N3)C1. The maximum absolute atomic E-state index is 13.2. The van der Waals surface area contributed by atoms with E-state index < -0.39 is 6.17 Å². The Labute approximate surface area is 172 Å². The molecule has 1 unspecified atom stereocenters. The molecule has 0 fully saturated rings. The van der Waals surface area contributed by atoms with Gasteiger partial charge in [0.1, 0.15) is 22.3 Å². The number of halogens is 1. The lowest BCUT2D eigenvalue weighted by Crippen LogP contribution is -2.39. The molecule has 1 atom stereocenters. The van der Waals surface area contributed by atoms with Crippen molar-refractivity contribution >= 4 is 22.2 Å². The van der Waals surface area contributed by atoms with Gasteiger partial charge in [-0.1, -0.05) is 0 Å². The van der Waals surface area contributed by atoms with Crippen molar-refractivity contribution in [1.82, 2.24) is 10.2 Å². The summed E-state index contributed by atoms with van der Waals surface area (Å²) >= 11 is 1.67. The molecule has 0 radical (unpaired) electrons. The second-order valence-electron chi connectivity index (χ2n) is 7.78. The van der Waals surface area contributed by atoms with Crippen molar-refractivity contribution in [3.63, 3.8) is 0 Å². The van der Waals surface area contributed by atoms with Crippen LogP contribution in [0.4, 0.5) is 9.39 Å². The first-order chi connectivity index (χ1) is 14.0. The Kier molecular flexibility index (Phi) is 4.44. The fourth-order valence-corrected chi connectivity index (χ4v) is 5.29. The van der Waals surface area contributed by atoms with E-state index in [4.69, 9.17) is 4.42 Å². The molecule has 4 heterocycles. The highest BCUT2D eigenvalue weighted by Crippen LogP contribution is 2.41. The van der Waals surface area contributed by atoms with E-state index in [0.717, 1.165) is 35.6 Å². The van der Waals surface area contributed by atoms with Crippen LogP contribution in [-0.4, -0.2) is 23.4 Å². The predicted molar refractivity (Wildman–Crippen MR) is 112 cm³/mol. The second kappa shape index (κ2) is 7.00. The van der Waals surface area contributed by atoms with Crippen molar-refractivity contribution in [2.45, 2.75) is 39.0 Å². The third-order valence-corrected chi connectivity index (χ3v) is 6.78. The van der Waals surface area contributed by atoms with Crippen molar-refractivity contribution in [3.05, 3.63) is 64.0 Å². The van der Waals surface area contributed by atoms with Crippen LogP contribution < -0.4 is 10.6 Å². The van der Waals surface area contributed by atoms with Crippen LogP contribution >= 0.6 is 11.3 Å². The number of fused-ring (bicyclic) bond motifs is 3. The number of nitrogens with zero attached hydrogens (tertiary/aromatic N) is 1. The van der Waals surface area contributed by atoms with Crippen molar-refractivity contribution in [2.24, 2.45) is 0 Å². The van der Waals surface area contributed by atoms with E-state index in [9.17, 15) is 9.18 Å². The summed E-state index contributed by atoms with van der Waals surface area (Å²) in [6.45, 7) is 6.27. The number of benzene rings is 1. The van der Waals surface area contributed by atoms with Gasteiger partial charge in [-0.25, -0.2) is 4.39 Å². The van der Waals surface area contributed by atoms with E-state index in [1.807, 2.05) is 12.1 Å². The van der Waals surface area contributed by atoms with Crippen LogP contribution in [0.5, 0.6) is 0 Å². The van der Waals surface area contributed by atoms with E-state index in [-0.39, 0.29) is 11.7 Å². The molecule has 5 rings (SSSR count). The molecule has 0 aliphatic carbocycles. The number of carbonyl (C=O) groups excluding carboxylic acids is 1. The number of hydrogen-bond acceptors (Lipinski definition) is 5. The molecule has 2 N–H and O–H groups in total. The highest BCUT2D eigenvalue weighted by Gasteiger charge is 2.34. The van der Waals surface area contributed by atoms with Gasteiger partial charge in [-0.15, -0.1) is 11.3 Å². The topological polar surface area (TPSA) is 57.5 Å². The van der Waals surface area contributed by atoms with Crippen LogP contribution in [0, 0.1) is 5.82 Å². The van der Waals surface area contributed by atoms with Crippen LogP contribution in [0.25, 0.3) is 11.3 Å². The standard InChI is InChI=1S/C22H22FN3O2S/c1-12(2)26-10-9-15-18(11-26)29-22-19(15)21(27)24-20(25-22)17-8-7-16(28-17)13-3-5-14(23)6-4-13/h3-8,12,20,25H,9-11H2,1-2H3,(H,24,27). The number of nitrogens with one attached hydrogen (secondary N) is 2. The van der Waals surface area contributed by atoms with Gasteiger partial charge in [0, 0.05) is 29.6 Å². The summed E-state index contributed by atoms with van der Waals surface area (Å²) < 4.78 is 19.1. The first-order valence-electron chi connectivity index (χ1n) is 9.81. The molecule has 7 heteroatoms. The molecule has 150 valence electrons. The van der Waals surface area contributed by atoms with E-state index >= 15 is 0 Å². The minimum absolute atomic E-state index is 0.0565. The number of thiophene rings is 1. The van der Waals surface area contributed by atoms with Crippen molar-refractivity contribution in [2.75, 3.05) is 11.9 Å². The largest absolute Gasteiger partial charge is 0.457 e. The van der Waals surface area contributed by atoms with Gasteiger partial charge < -0.3 is 15.1 Å². The summed E-state index contributed by atoms with van der Waals surface area (Å²) in [4.78, 5) is 16.6. The van der Waals surface area contributed by atoms with Crippen LogP contribution in [-0.2, 0) is 13.0 Å². The molecule has 0 bridgehead atoms. The Hall–Kier alpha value is -2.64. The van der Waals surface area contributed by atoms with Gasteiger partial charge in [0.15, 0.2) is 6.17 Å². The van der Waals surface area contributed by atoms with E-state index in [1.165, 1.54) is 22.6 Å². The van der Waals surface area contributed by atoms with Gasteiger partial charge in [0.05, 0.1) is 5.56 Å². The van der Waals surface area contributed by atoms with E-state index in [1.54, 1.807) is 23.5 Å². The van der Waals surface area contributed by atoms with Crippen molar-refractivity contribution < 1.29 is 13.6 Å². The van der Waals surface area contributed by atoms with Gasteiger partial charge >= 0.3 is 0 Å². The smallest absolute Gasteiger partial charge is 0.256 e. The molecular weight excluding hydrogens is 389 g/mol. The maximum Gasteiger partial charge on any atom is 0.256 e. The molecular formula is C22H22FN3O2S. The average molecular weight is 412 g/mol. The Balaban J connectivity index is 1.41. The molecule has 2 aliphatic rings. The fourth-order valence-electron chi connectivity index (χ4n) is 4.00. The van der Waals surface area contributed by atoms with Gasteiger partial charge in [-0.3, -0.25) is 9.69 Å². The summed E-state index contributed by atoms with van der Waals surface area (Å²) in [5.41, 5.74) is 2.76. The molecule has 2 aromatic heterocycles. The summed E-state index contributed by atoms with van der Waals surface area (Å²) in [6.07, 6.45) is 0.472. The third-order valence-electron chi connectivity index (χ3n) is 5.63. The number of amides is 1. The predicted octanol–water partition coefficient (Wildman–Crippen LogP) is 4.77. The molecule has 29 heavy (non-hydrogen) atoms. The summed E-state index contributed by atoms with van der Waals surface area (Å²) in [5.74, 6) is 0.921. The van der Waals surface area contributed by atoms with Gasteiger partial charge in [0.2, 0.25) is 0 Å². The first-order valence-corrected chi connectivity index (χ1v) is 10.6. The zero-order valence-electron chi connectivity index (χ0n) is 16.3. The van der Waals surface area contributed by atoms with Crippen molar-refractivity contribution in [1.29, 1.82) is 0 Å². The average Bonchev–Trinajstić information content (AvgIpc) is 3.32. The van der Waals surface area contributed by atoms with E-state index in [0.29, 0.717) is 17.6 Å². The van der Waals surface area contributed by atoms with Crippen LogP contribution in [0.1, 0.15) is 46.6 Å². The van der Waals surface area contributed by atoms with Crippen molar-refractivity contribution in [3.8, 4) is 11.3 Å². The highest BCUT2D eigenvalue weighted by atomic mass is 32.1. The third kappa shape index (κ3) is 3.24. The van der Waals surface area contributed by atoms with Crippen LogP contribution in [0.15, 0.2) is 40.8 Å². The zero-order valence-corrected chi connectivity index (χ0v) is 17.1. The molecule has 1 amide bonds. The Morgan fingerprint density at radius 1 is 1.17 bits per heavy atom. The Morgan fingerprint density at radius 2 is 1.97 bits per heavy atom. The molecule has 1 aromatic carbocycles. The number of hydrogen-bond donors (Lipinski definition) is 2. The lowest BCUT2D eigenvalue weighted by atomic mass is 10.0. The molecule has 0 saturated heterocycles. The maximum atomic E-state index is 13.2. The second-order valence-corrected chi connectivity index (χ2v) is 8.89. The minimum atomic E-state index is -0.425. The molecule has 0 saturated carbocycles. The Morgan fingerprint density at radius 3 is 2.72 bits per heavy atom. The summed E-state index contributed by atoms with van der Waals surface area (Å²) in [5, 5.41) is 7.37. The monoisotopic (exact) mass is 411 g/mol. The van der Waals surface area contributed by atoms with Gasteiger partial charge in [-0.2, -0.15) is 0 Å². The normalized spacial score (nSPS) is 18.9. The minimum Gasteiger partial charge on any atom is -0.457 e.